The highest BCUT2D eigenvalue weighted by Crippen LogP contribution is 1.82. The summed E-state index contributed by atoms with van der Waals surface area (Å²) in [5.41, 5.74) is 0. The first kappa shape index (κ1) is 8.20. The van der Waals surface area contributed by atoms with E-state index in [2.05, 4.69) is 31.9 Å². The van der Waals surface area contributed by atoms with Crippen LogP contribution in [0.5, 0.6) is 0 Å². The Balaban J connectivity index is 2.36. The molecule has 0 aliphatic rings. The molecule has 1 rings (SSSR count). The van der Waals surface area contributed by atoms with Crippen molar-refractivity contribution < 1.29 is 4.79 Å². The van der Waals surface area contributed by atoms with Crippen LogP contribution in [0.25, 0.3) is 0 Å². The molecule has 1 aromatic heterocycles. The average molecular weight is 165 g/mol. The van der Waals surface area contributed by atoms with Crippen molar-refractivity contribution in [3.05, 3.63) is 5.82 Å². The van der Waals surface area contributed by atoms with Gasteiger partial charge in [-0.25, -0.2) is 0 Å². The largest absolute Gasteiger partial charge is 0.348 e. The third-order valence-corrected chi connectivity index (χ3v) is 1.10. The summed E-state index contributed by atoms with van der Waals surface area (Å²) in [6, 6.07) is 0. The van der Waals surface area contributed by atoms with Crippen LogP contribution >= 0.6 is 0 Å². The summed E-state index contributed by atoms with van der Waals surface area (Å²) in [7, 11) is 0. The molecule has 0 spiro atoms. The number of H-pyrrole nitrogens is 1. The molecule has 0 unspecified atom stereocenters. The van der Waals surface area contributed by atoms with E-state index in [1.165, 1.54) is 0 Å². The lowest BCUT2D eigenvalue weighted by molar-refractivity contribution is 0.0944. The minimum absolute atomic E-state index is 0.0204. The van der Waals surface area contributed by atoms with Crippen molar-refractivity contribution in [1.29, 1.82) is 0 Å². The fourth-order valence-electron chi connectivity index (χ4n) is 0.585. The summed E-state index contributed by atoms with van der Waals surface area (Å²) in [6.07, 6.45) is 5.47. The van der Waals surface area contributed by atoms with Gasteiger partial charge in [0.2, 0.25) is 0 Å². The Kier molecular flexibility index (Phi) is 2.79. The second-order valence-corrected chi connectivity index (χ2v) is 1.95. The van der Waals surface area contributed by atoms with Gasteiger partial charge in [0.25, 0.3) is 11.7 Å². The van der Waals surface area contributed by atoms with Crippen LogP contribution in [0, 0.1) is 12.3 Å². The molecule has 0 fully saturated rings. The smallest absolute Gasteiger partial charge is 0.292 e. The number of tetrazole rings is 1. The quantitative estimate of drug-likeness (QED) is 0.442. The number of nitrogens with zero attached hydrogens (tertiary/aromatic N) is 3. The molecule has 0 radical (unpaired) electrons. The number of hydrogen-bond donors (Lipinski definition) is 2. The predicted octanol–water partition coefficient (Wildman–Crippen LogP) is -1.05. The number of amides is 1. The molecule has 2 N–H and O–H groups in total. The molecule has 1 amide bonds. The maximum Gasteiger partial charge on any atom is 0.292 e. The third kappa shape index (κ3) is 2.05. The van der Waals surface area contributed by atoms with E-state index >= 15 is 0 Å². The van der Waals surface area contributed by atoms with Crippen LogP contribution in [-0.2, 0) is 0 Å². The van der Waals surface area contributed by atoms with Gasteiger partial charge in [-0.3, -0.25) is 4.79 Å². The van der Waals surface area contributed by atoms with E-state index in [0.717, 1.165) is 0 Å². The molecule has 12 heavy (non-hydrogen) atoms. The van der Waals surface area contributed by atoms with Gasteiger partial charge in [-0.15, -0.1) is 22.5 Å². The monoisotopic (exact) mass is 165 g/mol. The molecule has 0 aliphatic carbocycles. The van der Waals surface area contributed by atoms with Crippen LogP contribution in [0.2, 0.25) is 0 Å². The molecule has 0 aromatic carbocycles. The van der Waals surface area contributed by atoms with Gasteiger partial charge in [-0.1, -0.05) is 0 Å². The van der Waals surface area contributed by atoms with E-state index in [9.17, 15) is 4.79 Å². The number of aromatic amines is 1. The Morgan fingerprint density at radius 2 is 2.58 bits per heavy atom. The standard InChI is InChI=1S/C6H7N5O/c1-2-3-4-7-6(12)5-8-10-11-9-5/h1H,3-4H2,(H,7,12)(H,8,9,10,11). The number of nitrogens with one attached hydrogen (secondary N) is 2. The van der Waals surface area contributed by atoms with Crippen molar-refractivity contribution in [2.45, 2.75) is 6.42 Å². The zero-order valence-electron chi connectivity index (χ0n) is 6.24. The van der Waals surface area contributed by atoms with Gasteiger partial charge < -0.3 is 5.32 Å². The van der Waals surface area contributed by atoms with Crippen molar-refractivity contribution in [3.63, 3.8) is 0 Å². The third-order valence-electron chi connectivity index (χ3n) is 1.10. The highest BCUT2D eigenvalue weighted by Gasteiger charge is 2.08. The molecule has 0 atom stereocenters. The molecule has 6 heteroatoms. The van der Waals surface area contributed by atoms with Crippen molar-refractivity contribution in [3.8, 4) is 12.3 Å². The fraction of sp³-hybridized carbons (Fsp3) is 0.333. The normalized spacial score (nSPS) is 8.92. The Morgan fingerprint density at radius 3 is 3.17 bits per heavy atom. The Hall–Kier alpha value is -1.90. The van der Waals surface area contributed by atoms with Crippen molar-refractivity contribution >= 4 is 5.91 Å². The van der Waals surface area contributed by atoms with E-state index < -0.39 is 0 Å². The first-order valence-corrected chi connectivity index (χ1v) is 3.29. The predicted molar refractivity (Wildman–Crippen MR) is 40.0 cm³/mol. The number of rotatable bonds is 3. The number of carbonyl (C=O) groups is 1. The lowest BCUT2D eigenvalue weighted by atomic mass is 10.4. The first-order valence-electron chi connectivity index (χ1n) is 3.29. The molecule has 0 aliphatic heterocycles. The number of aromatic nitrogens is 4. The van der Waals surface area contributed by atoms with Gasteiger partial charge in [0.05, 0.1) is 0 Å². The maximum absolute atomic E-state index is 11.0. The van der Waals surface area contributed by atoms with Gasteiger partial charge >= 0.3 is 0 Å². The molecule has 6 nitrogen and oxygen atoms in total. The van der Waals surface area contributed by atoms with E-state index in [-0.39, 0.29) is 11.7 Å². The Bertz CT molecular complexity index is 285. The average Bonchev–Trinajstić information content (AvgIpc) is 2.56. The summed E-state index contributed by atoms with van der Waals surface area (Å²) in [6.45, 7) is 0.421. The van der Waals surface area contributed by atoms with E-state index in [1.807, 2.05) is 0 Å². The SMILES string of the molecule is C#CCCNC(=O)c1nn[nH]n1. The van der Waals surface area contributed by atoms with Gasteiger partial charge in [0, 0.05) is 13.0 Å². The number of carbonyl (C=O) groups excluding carboxylic acids is 1. The maximum atomic E-state index is 11.0. The summed E-state index contributed by atoms with van der Waals surface area (Å²) < 4.78 is 0. The summed E-state index contributed by atoms with van der Waals surface area (Å²) in [5.74, 6) is 2.03. The topological polar surface area (TPSA) is 83.6 Å². The van der Waals surface area contributed by atoms with E-state index in [0.29, 0.717) is 13.0 Å². The van der Waals surface area contributed by atoms with Crippen LogP contribution in [0.4, 0.5) is 0 Å². The Labute approximate surface area is 68.7 Å². The number of terminal acetylenes is 1. The molecule has 0 saturated carbocycles. The van der Waals surface area contributed by atoms with Crippen LogP contribution in [0.1, 0.15) is 17.0 Å². The highest BCUT2D eigenvalue weighted by atomic mass is 16.2. The molecule has 1 aromatic rings. The van der Waals surface area contributed by atoms with Crippen molar-refractivity contribution in [2.24, 2.45) is 0 Å². The lowest BCUT2D eigenvalue weighted by Crippen LogP contribution is -2.25. The first-order chi connectivity index (χ1) is 5.84. The fourth-order valence-corrected chi connectivity index (χ4v) is 0.585. The van der Waals surface area contributed by atoms with E-state index in [1.54, 1.807) is 0 Å². The van der Waals surface area contributed by atoms with E-state index in [4.69, 9.17) is 6.42 Å². The van der Waals surface area contributed by atoms with Gasteiger partial charge in [-0.2, -0.15) is 5.21 Å². The number of hydrogen-bond acceptors (Lipinski definition) is 4. The van der Waals surface area contributed by atoms with Crippen LogP contribution in [0.15, 0.2) is 0 Å². The molecular weight excluding hydrogens is 158 g/mol. The second-order valence-electron chi connectivity index (χ2n) is 1.95. The van der Waals surface area contributed by atoms with Gasteiger partial charge in [-0.05, 0) is 5.21 Å². The van der Waals surface area contributed by atoms with Gasteiger partial charge in [0.15, 0.2) is 0 Å². The summed E-state index contributed by atoms with van der Waals surface area (Å²) in [4.78, 5) is 11.0. The minimum atomic E-state index is -0.376. The molecule has 62 valence electrons. The Morgan fingerprint density at radius 1 is 1.75 bits per heavy atom. The molecule has 1 heterocycles. The zero-order valence-corrected chi connectivity index (χ0v) is 6.24. The highest BCUT2D eigenvalue weighted by molar-refractivity contribution is 5.89. The molecule has 0 saturated heterocycles. The second kappa shape index (κ2) is 4.08. The van der Waals surface area contributed by atoms with Crippen LogP contribution in [0.3, 0.4) is 0 Å². The molecular formula is C6H7N5O. The zero-order chi connectivity index (χ0) is 8.81. The van der Waals surface area contributed by atoms with Gasteiger partial charge in [0.1, 0.15) is 0 Å². The molecule has 0 bridgehead atoms. The van der Waals surface area contributed by atoms with Crippen LogP contribution < -0.4 is 5.32 Å². The summed E-state index contributed by atoms with van der Waals surface area (Å²) in [5, 5.41) is 14.9. The van der Waals surface area contributed by atoms with Crippen molar-refractivity contribution in [1.82, 2.24) is 25.9 Å². The lowest BCUT2D eigenvalue weighted by Gasteiger charge is -1.95. The van der Waals surface area contributed by atoms with Crippen LogP contribution in [-0.4, -0.2) is 33.1 Å². The summed E-state index contributed by atoms with van der Waals surface area (Å²) >= 11 is 0. The minimum Gasteiger partial charge on any atom is -0.348 e. The van der Waals surface area contributed by atoms with Crippen molar-refractivity contribution in [2.75, 3.05) is 6.54 Å².